The first-order chi connectivity index (χ1) is 13.9. The molecular weight excluding hydrogens is 392 g/mol. The molecule has 0 bridgehead atoms. The number of aromatic amines is 1. The van der Waals surface area contributed by atoms with Crippen molar-refractivity contribution in [2.24, 2.45) is 5.73 Å². The Morgan fingerprint density at radius 1 is 1.21 bits per heavy atom. The summed E-state index contributed by atoms with van der Waals surface area (Å²) >= 11 is 0. The minimum Gasteiger partial charge on any atom is -0.481 e. The molecule has 0 aliphatic heterocycles. The predicted octanol–water partition coefficient (Wildman–Crippen LogP) is 2.32. The summed E-state index contributed by atoms with van der Waals surface area (Å²) in [5, 5.41) is 7.46. The number of benzene rings is 2. The number of nitrogens with one attached hydrogen (secondary N) is 2. The molecule has 1 atom stereocenters. The lowest BCUT2D eigenvalue weighted by Gasteiger charge is -2.10. The Labute approximate surface area is 170 Å². The summed E-state index contributed by atoms with van der Waals surface area (Å²) in [6.45, 7) is -0.263. The number of esters is 1. The summed E-state index contributed by atoms with van der Waals surface area (Å²) in [7, 11) is -0.0547. The van der Waals surface area contributed by atoms with E-state index < -0.39 is 16.8 Å². The molecule has 8 nitrogen and oxygen atoms in total. The van der Waals surface area contributed by atoms with Gasteiger partial charge >= 0.3 is 5.97 Å². The number of hydrogen-bond acceptors (Lipinski definition) is 6. The van der Waals surface area contributed by atoms with Crippen LogP contribution in [-0.2, 0) is 20.3 Å². The van der Waals surface area contributed by atoms with Crippen LogP contribution in [0.15, 0.2) is 53.6 Å². The number of ether oxygens (including phenoxy) is 2. The molecule has 150 valence electrons. The first kappa shape index (κ1) is 20.3. The second-order valence-corrected chi connectivity index (χ2v) is 7.47. The van der Waals surface area contributed by atoms with Crippen LogP contribution in [0.5, 0.6) is 5.75 Å². The SMILES string of the molecule is COC(=O)COc1ccc(-c2ncc(-c3ccc(C(=N)N)cc3)[nH]2)cc1S(C)=O. The lowest BCUT2D eigenvalue weighted by Crippen LogP contribution is -2.13. The van der Waals surface area contributed by atoms with Crippen molar-refractivity contribution in [1.29, 1.82) is 5.41 Å². The molecule has 1 aromatic heterocycles. The molecule has 0 saturated heterocycles. The van der Waals surface area contributed by atoms with Crippen molar-refractivity contribution >= 4 is 22.6 Å². The molecule has 0 spiro atoms. The largest absolute Gasteiger partial charge is 0.481 e. The predicted molar refractivity (Wildman–Crippen MR) is 110 cm³/mol. The number of amidine groups is 1. The van der Waals surface area contributed by atoms with Crippen LogP contribution in [0.1, 0.15) is 5.56 Å². The van der Waals surface area contributed by atoms with E-state index >= 15 is 0 Å². The first-order valence-electron chi connectivity index (χ1n) is 8.56. The third kappa shape index (κ3) is 4.69. The van der Waals surface area contributed by atoms with Crippen molar-refractivity contribution in [3.05, 3.63) is 54.2 Å². The smallest absolute Gasteiger partial charge is 0.343 e. The quantitative estimate of drug-likeness (QED) is 0.310. The number of nitrogens with two attached hydrogens (primary N) is 1. The minimum absolute atomic E-state index is 0.0106. The molecule has 4 N–H and O–H groups in total. The molecule has 0 amide bonds. The number of nitrogens with zero attached hydrogens (tertiary/aromatic N) is 1. The molecule has 0 aliphatic rings. The number of carbonyl (C=O) groups is 1. The van der Waals surface area contributed by atoms with Crippen LogP contribution in [-0.4, -0.2) is 46.0 Å². The van der Waals surface area contributed by atoms with Crippen LogP contribution in [0, 0.1) is 5.41 Å². The summed E-state index contributed by atoms with van der Waals surface area (Å²) in [5.74, 6) is 0.443. The Kier molecular flexibility index (Phi) is 6.08. The number of aromatic nitrogens is 2. The van der Waals surface area contributed by atoms with E-state index in [9.17, 15) is 9.00 Å². The van der Waals surface area contributed by atoms with Crippen molar-refractivity contribution in [3.8, 4) is 28.4 Å². The molecule has 1 heterocycles. The van der Waals surface area contributed by atoms with Gasteiger partial charge in [-0.1, -0.05) is 24.3 Å². The van der Waals surface area contributed by atoms with Crippen LogP contribution >= 0.6 is 0 Å². The van der Waals surface area contributed by atoms with E-state index in [1.165, 1.54) is 13.4 Å². The van der Waals surface area contributed by atoms with Gasteiger partial charge in [-0.25, -0.2) is 9.78 Å². The van der Waals surface area contributed by atoms with Crippen LogP contribution in [0.25, 0.3) is 22.6 Å². The van der Waals surface area contributed by atoms with E-state index in [4.69, 9.17) is 15.9 Å². The molecule has 9 heteroatoms. The Balaban J connectivity index is 1.87. The van der Waals surface area contributed by atoms with Crippen LogP contribution < -0.4 is 10.5 Å². The fourth-order valence-electron chi connectivity index (χ4n) is 2.64. The standard InChI is InChI=1S/C20H20N4O4S/c1-27-18(25)11-28-16-8-7-14(9-17(16)29(2)26)20-23-10-15(24-20)12-3-5-13(6-4-12)19(21)22/h3-10H,11H2,1-2H3,(H3,21,22)(H,23,24). The van der Waals surface area contributed by atoms with Gasteiger partial charge in [0.15, 0.2) is 6.61 Å². The molecule has 0 saturated carbocycles. The number of nitrogen functional groups attached to an aromatic ring is 1. The van der Waals surface area contributed by atoms with E-state index in [-0.39, 0.29) is 12.4 Å². The number of methoxy groups -OCH3 is 1. The summed E-state index contributed by atoms with van der Waals surface area (Å²) in [4.78, 5) is 19.4. The van der Waals surface area contributed by atoms with Gasteiger partial charge in [-0.15, -0.1) is 0 Å². The van der Waals surface area contributed by atoms with Crippen molar-refractivity contribution in [1.82, 2.24) is 9.97 Å². The van der Waals surface area contributed by atoms with Crippen molar-refractivity contribution in [2.75, 3.05) is 20.0 Å². The van der Waals surface area contributed by atoms with Crippen LogP contribution in [0.2, 0.25) is 0 Å². The summed E-state index contributed by atoms with van der Waals surface area (Å²) in [5.41, 5.74) is 8.54. The van der Waals surface area contributed by atoms with Crippen LogP contribution in [0.3, 0.4) is 0 Å². The monoisotopic (exact) mass is 412 g/mol. The molecule has 2 aromatic carbocycles. The van der Waals surface area contributed by atoms with E-state index in [1.807, 2.05) is 12.1 Å². The topological polar surface area (TPSA) is 131 Å². The van der Waals surface area contributed by atoms with E-state index in [1.54, 1.807) is 36.5 Å². The molecule has 0 fully saturated rings. The third-order valence-electron chi connectivity index (χ3n) is 4.18. The van der Waals surface area contributed by atoms with Crippen molar-refractivity contribution in [2.45, 2.75) is 4.90 Å². The van der Waals surface area contributed by atoms with Gasteiger partial charge in [0.1, 0.15) is 17.4 Å². The lowest BCUT2D eigenvalue weighted by atomic mass is 10.1. The Morgan fingerprint density at radius 3 is 2.52 bits per heavy atom. The zero-order valence-electron chi connectivity index (χ0n) is 15.9. The highest BCUT2D eigenvalue weighted by Crippen LogP contribution is 2.29. The molecule has 0 radical (unpaired) electrons. The highest BCUT2D eigenvalue weighted by Gasteiger charge is 2.14. The number of rotatable bonds is 7. The average Bonchev–Trinajstić information content (AvgIpc) is 3.22. The number of carbonyl (C=O) groups excluding carboxylic acids is 1. The highest BCUT2D eigenvalue weighted by atomic mass is 32.2. The molecular formula is C20H20N4O4S. The fraction of sp³-hybridized carbons (Fsp3) is 0.150. The van der Waals surface area contributed by atoms with Crippen molar-refractivity contribution in [3.63, 3.8) is 0 Å². The van der Waals surface area contributed by atoms with Gasteiger partial charge in [-0.05, 0) is 23.8 Å². The zero-order chi connectivity index (χ0) is 21.0. The Bertz CT molecular complexity index is 1080. The van der Waals surface area contributed by atoms with Gasteiger partial charge < -0.3 is 20.2 Å². The maximum Gasteiger partial charge on any atom is 0.343 e. The minimum atomic E-state index is -1.33. The van der Waals surface area contributed by atoms with Crippen molar-refractivity contribution < 1.29 is 18.5 Å². The Hall–Kier alpha value is -3.46. The molecule has 29 heavy (non-hydrogen) atoms. The van der Waals surface area contributed by atoms with Gasteiger partial charge in [0.05, 0.1) is 34.7 Å². The highest BCUT2D eigenvalue weighted by molar-refractivity contribution is 7.84. The van der Waals surface area contributed by atoms with Gasteiger partial charge in [0, 0.05) is 17.4 Å². The molecule has 1 unspecified atom stereocenters. The fourth-order valence-corrected chi connectivity index (χ4v) is 3.34. The molecule has 3 rings (SSSR count). The maximum atomic E-state index is 12.1. The lowest BCUT2D eigenvalue weighted by molar-refractivity contribution is -0.142. The Morgan fingerprint density at radius 2 is 1.90 bits per heavy atom. The van der Waals surface area contributed by atoms with E-state index in [0.717, 1.165) is 16.8 Å². The second kappa shape index (κ2) is 8.70. The number of hydrogen-bond donors (Lipinski definition) is 3. The summed E-state index contributed by atoms with van der Waals surface area (Å²) in [6, 6.07) is 12.4. The second-order valence-electron chi connectivity index (χ2n) is 6.12. The normalized spacial score (nSPS) is 11.7. The molecule has 3 aromatic rings. The van der Waals surface area contributed by atoms with Gasteiger partial charge in [-0.2, -0.15) is 0 Å². The number of imidazole rings is 1. The van der Waals surface area contributed by atoms with Gasteiger partial charge in [0.2, 0.25) is 0 Å². The molecule has 0 aliphatic carbocycles. The zero-order valence-corrected chi connectivity index (χ0v) is 16.7. The maximum absolute atomic E-state index is 12.1. The van der Waals surface area contributed by atoms with E-state index in [2.05, 4.69) is 14.7 Å². The average molecular weight is 412 g/mol. The van der Waals surface area contributed by atoms with E-state index in [0.29, 0.717) is 22.0 Å². The summed E-state index contributed by atoms with van der Waals surface area (Å²) < 4.78 is 22.1. The van der Waals surface area contributed by atoms with Gasteiger partial charge in [0.25, 0.3) is 0 Å². The summed E-state index contributed by atoms with van der Waals surface area (Å²) in [6.07, 6.45) is 3.23. The van der Waals surface area contributed by atoms with Crippen LogP contribution in [0.4, 0.5) is 0 Å². The first-order valence-corrected chi connectivity index (χ1v) is 10.1. The third-order valence-corrected chi connectivity index (χ3v) is 5.12. The number of H-pyrrole nitrogens is 1. The van der Waals surface area contributed by atoms with Gasteiger partial charge in [-0.3, -0.25) is 9.62 Å².